The lowest BCUT2D eigenvalue weighted by Crippen LogP contribution is -2.13. The van der Waals surface area contributed by atoms with Crippen molar-refractivity contribution in [3.8, 4) is 0 Å². The zero-order valence-electron chi connectivity index (χ0n) is 16.2. The van der Waals surface area contributed by atoms with Gasteiger partial charge in [-0.1, -0.05) is 31.6 Å². The molecule has 0 atom stereocenters. The standard InChI is InChI=1S/C22H19F3O4S/c1-3-4-14-11-15-12-16(30(2,28)29)6-7-17(15)18(14)9-13-5-8-20(22(23,24)25)19(10-13)21(26)27/h5-12H,3-4H2,1-2H3,(H,26,27)/b18-9-. The van der Waals surface area contributed by atoms with Gasteiger partial charge >= 0.3 is 12.1 Å². The lowest BCUT2D eigenvalue weighted by Gasteiger charge is -2.12. The molecule has 0 fully saturated rings. The van der Waals surface area contributed by atoms with Crippen molar-refractivity contribution >= 4 is 33.5 Å². The Kier molecular flexibility index (Phi) is 5.64. The van der Waals surface area contributed by atoms with E-state index >= 15 is 0 Å². The number of carboxylic acids is 1. The average Bonchev–Trinajstić information content (AvgIpc) is 2.97. The first-order chi connectivity index (χ1) is 13.9. The van der Waals surface area contributed by atoms with E-state index in [1.165, 1.54) is 12.1 Å². The molecule has 0 saturated carbocycles. The van der Waals surface area contributed by atoms with Gasteiger partial charge < -0.3 is 5.11 Å². The molecule has 30 heavy (non-hydrogen) atoms. The van der Waals surface area contributed by atoms with Gasteiger partial charge in [-0.05, 0) is 64.6 Å². The number of sulfone groups is 1. The minimum absolute atomic E-state index is 0.178. The largest absolute Gasteiger partial charge is 0.478 e. The lowest BCUT2D eigenvalue weighted by molar-refractivity contribution is -0.138. The molecule has 1 N–H and O–H groups in total. The van der Waals surface area contributed by atoms with Crippen LogP contribution in [-0.2, 0) is 16.0 Å². The summed E-state index contributed by atoms with van der Waals surface area (Å²) in [7, 11) is -3.38. The molecule has 1 aliphatic carbocycles. The van der Waals surface area contributed by atoms with E-state index in [0.29, 0.717) is 17.5 Å². The number of rotatable bonds is 5. The van der Waals surface area contributed by atoms with Gasteiger partial charge in [-0.3, -0.25) is 0 Å². The number of hydrogen-bond donors (Lipinski definition) is 1. The average molecular weight is 436 g/mol. The summed E-state index contributed by atoms with van der Waals surface area (Å²) in [5, 5.41) is 9.23. The summed E-state index contributed by atoms with van der Waals surface area (Å²) in [5.74, 6) is -1.66. The van der Waals surface area contributed by atoms with Gasteiger partial charge in [-0.15, -0.1) is 0 Å². The quantitative estimate of drug-likeness (QED) is 0.668. The molecule has 0 amide bonds. The second-order valence-electron chi connectivity index (χ2n) is 7.11. The van der Waals surface area contributed by atoms with Gasteiger partial charge in [-0.2, -0.15) is 13.2 Å². The van der Waals surface area contributed by atoms with Crippen molar-refractivity contribution in [1.29, 1.82) is 0 Å². The van der Waals surface area contributed by atoms with E-state index in [2.05, 4.69) is 0 Å². The number of allylic oxidation sites excluding steroid dienone is 2. The van der Waals surface area contributed by atoms with Crippen LogP contribution in [0.2, 0.25) is 0 Å². The molecule has 0 saturated heterocycles. The van der Waals surface area contributed by atoms with Gasteiger partial charge in [0.2, 0.25) is 0 Å². The van der Waals surface area contributed by atoms with Crippen LogP contribution in [0, 0.1) is 0 Å². The van der Waals surface area contributed by atoms with E-state index in [0.717, 1.165) is 41.5 Å². The van der Waals surface area contributed by atoms with E-state index in [9.17, 15) is 31.5 Å². The maximum Gasteiger partial charge on any atom is 0.417 e. The Morgan fingerprint density at radius 3 is 2.40 bits per heavy atom. The van der Waals surface area contributed by atoms with E-state index in [-0.39, 0.29) is 4.90 Å². The predicted octanol–water partition coefficient (Wildman–Crippen LogP) is 5.54. The van der Waals surface area contributed by atoms with Crippen molar-refractivity contribution in [3.05, 3.63) is 69.8 Å². The molecule has 0 aliphatic heterocycles. The highest BCUT2D eigenvalue weighted by Crippen LogP contribution is 2.40. The number of carbonyl (C=O) groups is 1. The summed E-state index contributed by atoms with van der Waals surface area (Å²) in [5.41, 5.74) is 1.41. The SMILES string of the molecule is CCCC1=Cc2cc(S(C)(=O)=O)ccc2/C1=C\c1ccc(C(F)(F)F)c(C(=O)O)c1. The minimum atomic E-state index is -4.77. The monoisotopic (exact) mass is 436 g/mol. The third kappa shape index (κ3) is 4.33. The summed E-state index contributed by atoms with van der Waals surface area (Å²) in [4.78, 5) is 11.5. The van der Waals surface area contributed by atoms with Gasteiger partial charge in [-0.25, -0.2) is 13.2 Å². The van der Waals surface area contributed by atoms with Crippen molar-refractivity contribution in [2.75, 3.05) is 6.26 Å². The Morgan fingerprint density at radius 1 is 1.13 bits per heavy atom. The smallest absolute Gasteiger partial charge is 0.417 e. The number of hydrogen-bond acceptors (Lipinski definition) is 3. The van der Waals surface area contributed by atoms with E-state index in [1.807, 2.05) is 13.0 Å². The summed E-state index contributed by atoms with van der Waals surface area (Å²) >= 11 is 0. The van der Waals surface area contributed by atoms with Crippen LogP contribution in [0.15, 0.2) is 46.9 Å². The molecule has 0 bridgehead atoms. The van der Waals surface area contributed by atoms with Crippen LogP contribution in [-0.4, -0.2) is 25.7 Å². The maximum atomic E-state index is 13.1. The second kappa shape index (κ2) is 7.75. The van der Waals surface area contributed by atoms with Crippen LogP contribution in [0.5, 0.6) is 0 Å². The first-order valence-corrected chi connectivity index (χ1v) is 11.0. The fraction of sp³-hybridized carbons (Fsp3) is 0.227. The fourth-order valence-corrected chi connectivity index (χ4v) is 4.12. The van der Waals surface area contributed by atoms with Crippen LogP contribution < -0.4 is 0 Å². The van der Waals surface area contributed by atoms with Crippen molar-refractivity contribution in [1.82, 2.24) is 0 Å². The number of alkyl halides is 3. The highest BCUT2D eigenvalue weighted by molar-refractivity contribution is 7.90. The number of aromatic carboxylic acids is 1. The van der Waals surface area contributed by atoms with Crippen LogP contribution in [0.1, 0.15) is 52.4 Å². The summed E-state index contributed by atoms with van der Waals surface area (Å²) in [6, 6.07) is 7.72. The molecule has 8 heteroatoms. The Balaban J connectivity index is 2.14. The molecule has 158 valence electrons. The number of fused-ring (bicyclic) bond motifs is 1. The molecule has 0 unspecified atom stereocenters. The van der Waals surface area contributed by atoms with E-state index in [4.69, 9.17) is 0 Å². The van der Waals surface area contributed by atoms with Crippen molar-refractivity contribution in [2.24, 2.45) is 0 Å². The predicted molar refractivity (Wildman–Crippen MR) is 109 cm³/mol. The number of benzene rings is 2. The minimum Gasteiger partial charge on any atom is -0.478 e. The van der Waals surface area contributed by atoms with Gasteiger partial charge in [0.05, 0.1) is 16.0 Å². The third-order valence-corrected chi connectivity index (χ3v) is 5.94. The Morgan fingerprint density at radius 2 is 1.83 bits per heavy atom. The first kappa shape index (κ1) is 21.8. The van der Waals surface area contributed by atoms with Gasteiger partial charge in [0.25, 0.3) is 0 Å². The molecule has 3 rings (SSSR count). The summed E-state index contributed by atoms with van der Waals surface area (Å²) in [6.45, 7) is 1.98. The molecule has 0 aromatic heterocycles. The van der Waals surface area contributed by atoms with Crippen molar-refractivity contribution in [3.63, 3.8) is 0 Å². The topological polar surface area (TPSA) is 71.4 Å². The van der Waals surface area contributed by atoms with Crippen molar-refractivity contribution in [2.45, 2.75) is 30.8 Å². The van der Waals surface area contributed by atoms with Crippen LogP contribution >= 0.6 is 0 Å². The molecule has 2 aromatic rings. The third-order valence-electron chi connectivity index (χ3n) is 4.83. The molecular weight excluding hydrogens is 417 g/mol. The first-order valence-electron chi connectivity index (χ1n) is 9.13. The molecule has 2 aromatic carbocycles. The number of halogens is 3. The van der Waals surface area contributed by atoms with Gasteiger partial charge in [0.1, 0.15) is 0 Å². The van der Waals surface area contributed by atoms with Gasteiger partial charge in [0.15, 0.2) is 9.84 Å². The Labute approximate surface area is 172 Å². The summed E-state index contributed by atoms with van der Waals surface area (Å²) < 4.78 is 63.0. The van der Waals surface area contributed by atoms with Crippen LogP contribution in [0.4, 0.5) is 13.2 Å². The Bertz CT molecular complexity index is 1190. The van der Waals surface area contributed by atoms with E-state index < -0.39 is 33.1 Å². The normalized spacial score (nSPS) is 15.2. The molecule has 0 spiro atoms. The fourth-order valence-electron chi connectivity index (χ4n) is 3.46. The molecule has 4 nitrogen and oxygen atoms in total. The Hall–Kier alpha value is -2.87. The van der Waals surface area contributed by atoms with Crippen LogP contribution in [0.3, 0.4) is 0 Å². The van der Waals surface area contributed by atoms with Crippen molar-refractivity contribution < 1.29 is 31.5 Å². The molecule has 1 aliphatic rings. The zero-order valence-corrected chi connectivity index (χ0v) is 17.1. The summed E-state index contributed by atoms with van der Waals surface area (Å²) in [6.07, 6.45) is 1.34. The highest BCUT2D eigenvalue weighted by atomic mass is 32.2. The lowest BCUT2D eigenvalue weighted by atomic mass is 9.96. The molecule has 0 heterocycles. The molecular formula is C22H19F3O4S. The highest BCUT2D eigenvalue weighted by Gasteiger charge is 2.35. The number of carboxylic acid groups (broad SMARTS) is 1. The molecule has 0 radical (unpaired) electrons. The zero-order chi connectivity index (χ0) is 22.3. The second-order valence-corrected chi connectivity index (χ2v) is 9.12. The van der Waals surface area contributed by atoms with Crippen LogP contribution in [0.25, 0.3) is 17.7 Å². The maximum absolute atomic E-state index is 13.1. The van der Waals surface area contributed by atoms with Gasteiger partial charge in [0, 0.05) is 6.26 Å². The van der Waals surface area contributed by atoms with E-state index in [1.54, 1.807) is 18.2 Å².